The van der Waals surface area contributed by atoms with Crippen LogP contribution in [0.25, 0.3) is 22.3 Å². The number of para-hydroxylation sites is 1. The summed E-state index contributed by atoms with van der Waals surface area (Å²) >= 11 is 0. The predicted molar refractivity (Wildman–Crippen MR) is 94.5 cm³/mol. The third kappa shape index (κ3) is 2.88. The number of benzene rings is 2. The molecule has 5 nitrogen and oxygen atoms in total. The van der Waals surface area contributed by atoms with Gasteiger partial charge in [-0.2, -0.15) is 0 Å². The number of H-pyrrole nitrogens is 1. The summed E-state index contributed by atoms with van der Waals surface area (Å²) in [5.41, 5.74) is 1.76. The quantitative estimate of drug-likeness (QED) is 0.706. The zero-order valence-electron chi connectivity index (χ0n) is 13.4. The molecular weight excluding hydrogens is 304 g/mol. The summed E-state index contributed by atoms with van der Waals surface area (Å²) in [5.74, 6) is 0.885. The van der Waals surface area contributed by atoms with Gasteiger partial charge in [0, 0.05) is 11.1 Å². The first-order valence-electron chi connectivity index (χ1n) is 7.73. The second-order valence-corrected chi connectivity index (χ2v) is 5.34. The van der Waals surface area contributed by atoms with Gasteiger partial charge >= 0.3 is 0 Å². The monoisotopic (exact) mass is 322 g/mol. The second-order valence-electron chi connectivity index (χ2n) is 5.34. The fourth-order valence-electron chi connectivity index (χ4n) is 2.60. The van der Waals surface area contributed by atoms with E-state index in [1.165, 1.54) is 0 Å². The van der Waals surface area contributed by atoms with Gasteiger partial charge in [0.1, 0.15) is 5.82 Å². The van der Waals surface area contributed by atoms with E-state index in [0.29, 0.717) is 46.6 Å². The fraction of sp³-hybridized carbons (Fsp3) is 0.158. The Kier molecular flexibility index (Phi) is 4.33. The molecule has 5 heteroatoms. The number of phenols is 1. The van der Waals surface area contributed by atoms with Crippen LogP contribution in [0.5, 0.6) is 11.5 Å². The van der Waals surface area contributed by atoms with Gasteiger partial charge in [-0.1, -0.05) is 18.2 Å². The molecule has 0 aliphatic heterocycles. The molecule has 0 radical (unpaired) electrons. The maximum atomic E-state index is 12.3. The highest BCUT2D eigenvalue weighted by atomic mass is 16.5. The van der Waals surface area contributed by atoms with E-state index in [9.17, 15) is 9.90 Å². The summed E-state index contributed by atoms with van der Waals surface area (Å²) in [6, 6.07) is 10.6. The Morgan fingerprint density at radius 1 is 1.33 bits per heavy atom. The number of ether oxygens (including phenoxy) is 1. The van der Waals surface area contributed by atoms with E-state index in [1.807, 2.05) is 13.0 Å². The van der Waals surface area contributed by atoms with Gasteiger partial charge in [0.2, 0.25) is 0 Å². The zero-order valence-corrected chi connectivity index (χ0v) is 13.4. The van der Waals surface area contributed by atoms with E-state index in [-0.39, 0.29) is 11.3 Å². The van der Waals surface area contributed by atoms with Crippen molar-refractivity contribution in [2.45, 2.75) is 13.3 Å². The van der Waals surface area contributed by atoms with Crippen molar-refractivity contribution in [2.75, 3.05) is 6.61 Å². The molecule has 0 aliphatic rings. The molecule has 0 fully saturated rings. The first kappa shape index (κ1) is 15.8. The van der Waals surface area contributed by atoms with Crippen molar-refractivity contribution >= 4 is 10.9 Å². The van der Waals surface area contributed by atoms with Crippen LogP contribution in [0.15, 0.2) is 53.8 Å². The van der Waals surface area contributed by atoms with Crippen LogP contribution in [0.4, 0.5) is 0 Å². The van der Waals surface area contributed by atoms with Crippen LogP contribution in [0.3, 0.4) is 0 Å². The molecule has 0 unspecified atom stereocenters. The van der Waals surface area contributed by atoms with Crippen LogP contribution in [0.1, 0.15) is 12.5 Å². The van der Waals surface area contributed by atoms with Crippen molar-refractivity contribution in [3.63, 3.8) is 0 Å². The minimum absolute atomic E-state index is 0.0867. The molecular formula is C19H18N2O3. The Morgan fingerprint density at radius 3 is 2.88 bits per heavy atom. The number of hydrogen-bond donors (Lipinski definition) is 2. The van der Waals surface area contributed by atoms with Crippen LogP contribution in [-0.4, -0.2) is 21.7 Å². The van der Waals surface area contributed by atoms with Crippen molar-refractivity contribution in [2.24, 2.45) is 0 Å². The normalized spacial score (nSPS) is 10.7. The summed E-state index contributed by atoms with van der Waals surface area (Å²) in [7, 11) is 0. The van der Waals surface area contributed by atoms with E-state index < -0.39 is 0 Å². The van der Waals surface area contributed by atoms with Gasteiger partial charge in [0.05, 0.1) is 17.5 Å². The van der Waals surface area contributed by atoms with E-state index in [1.54, 1.807) is 36.4 Å². The van der Waals surface area contributed by atoms with E-state index in [4.69, 9.17) is 4.74 Å². The Labute approximate surface area is 139 Å². The van der Waals surface area contributed by atoms with Crippen molar-refractivity contribution in [3.05, 3.63) is 65.0 Å². The van der Waals surface area contributed by atoms with Gasteiger partial charge in [0.25, 0.3) is 5.56 Å². The lowest BCUT2D eigenvalue weighted by Crippen LogP contribution is -2.09. The fourth-order valence-corrected chi connectivity index (χ4v) is 2.60. The number of aromatic hydroxyl groups is 1. The van der Waals surface area contributed by atoms with Gasteiger partial charge in [-0.3, -0.25) is 4.79 Å². The average Bonchev–Trinajstić information content (AvgIpc) is 2.58. The number of aromatic amines is 1. The molecule has 0 saturated carbocycles. The third-order valence-electron chi connectivity index (χ3n) is 3.70. The number of aromatic nitrogens is 2. The standard InChI is InChI=1S/C19H18N2O3/c1-3-7-12-10-13(11-16(17(12)22)24-4-2)18-20-15-9-6-5-8-14(15)19(23)21-18/h3,5-6,8-11,22H,1,4,7H2,2H3,(H,20,21,23). The SMILES string of the molecule is C=CCc1cc(-c2nc3ccccc3c(=O)[nH]2)cc(OCC)c1O. The van der Waals surface area contributed by atoms with Crippen LogP contribution in [-0.2, 0) is 6.42 Å². The van der Waals surface area contributed by atoms with Gasteiger partial charge < -0.3 is 14.8 Å². The highest BCUT2D eigenvalue weighted by Crippen LogP contribution is 2.35. The molecule has 2 aromatic carbocycles. The van der Waals surface area contributed by atoms with Crippen molar-refractivity contribution in [1.29, 1.82) is 0 Å². The highest BCUT2D eigenvalue weighted by molar-refractivity contribution is 5.79. The van der Waals surface area contributed by atoms with Crippen molar-refractivity contribution < 1.29 is 9.84 Å². The Balaban J connectivity index is 2.21. The maximum absolute atomic E-state index is 12.3. The highest BCUT2D eigenvalue weighted by Gasteiger charge is 2.13. The first-order chi connectivity index (χ1) is 11.6. The minimum Gasteiger partial charge on any atom is -0.504 e. The van der Waals surface area contributed by atoms with Crippen molar-refractivity contribution in [3.8, 4) is 22.9 Å². The Bertz CT molecular complexity index is 960. The lowest BCUT2D eigenvalue weighted by Gasteiger charge is -2.12. The van der Waals surface area contributed by atoms with Gasteiger partial charge in [-0.05, 0) is 37.6 Å². The van der Waals surface area contributed by atoms with Crippen LogP contribution >= 0.6 is 0 Å². The molecule has 0 bridgehead atoms. The summed E-state index contributed by atoms with van der Waals surface area (Å²) in [4.78, 5) is 19.6. The predicted octanol–water partition coefficient (Wildman–Crippen LogP) is 3.42. The molecule has 1 aromatic heterocycles. The molecule has 2 N–H and O–H groups in total. The number of hydrogen-bond acceptors (Lipinski definition) is 4. The van der Waals surface area contributed by atoms with Crippen molar-refractivity contribution in [1.82, 2.24) is 9.97 Å². The number of allylic oxidation sites excluding steroid dienone is 1. The van der Waals surface area contributed by atoms with Crippen LogP contribution < -0.4 is 10.3 Å². The van der Waals surface area contributed by atoms with Gasteiger partial charge in [-0.15, -0.1) is 6.58 Å². The summed E-state index contributed by atoms with van der Waals surface area (Å²) < 4.78 is 5.50. The topological polar surface area (TPSA) is 75.2 Å². The van der Waals surface area contributed by atoms with Crippen LogP contribution in [0.2, 0.25) is 0 Å². The summed E-state index contributed by atoms with van der Waals surface area (Å²) in [6.07, 6.45) is 2.18. The maximum Gasteiger partial charge on any atom is 0.259 e. The Hall–Kier alpha value is -3.08. The first-order valence-corrected chi connectivity index (χ1v) is 7.73. The molecule has 3 rings (SSSR count). The number of nitrogens with one attached hydrogen (secondary N) is 1. The van der Waals surface area contributed by atoms with Gasteiger partial charge in [-0.25, -0.2) is 4.98 Å². The summed E-state index contributed by atoms with van der Waals surface area (Å²) in [6.45, 7) is 5.97. The van der Waals surface area contributed by atoms with E-state index >= 15 is 0 Å². The summed E-state index contributed by atoms with van der Waals surface area (Å²) in [5, 5.41) is 10.8. The minimum atomic E-state index is -0.202. The van der Waals surface area contributed by atoms with Crippen LogP contribution in [0, 0.1) is 0 Å². The lowest BCUT2D eigenvalue weighted by atomic mass is 10.0. The van der Waals surface area contributed by atoms with Gasteiger partial charge in [0.15, 0.2) is 11.5 Å². The molecule has 122 valence electrons. The molecule has 3 aromatic rings. The molecule has 0 amide bonds. The van der Waals surface area contributed by atoms with E-state index in [0.717, 1.165) is 0 Å². The second kappa shape index (κ2) is 6.58. The number of fused-ring (bicyclic) bond motifs is 1. The lowest BCUT2D eigenvalue weighted by molar-refractivity contribution is 0.317. The number of nitrogens with zero attached hydrogens (tertiary/aromatic N) is 1. The third-order valence-corrected chi connectivity index (χ3v) is 3.70. The Morgan fingerprint density at radius 2 is 2.12 bits per heavy atom. The molecule has 0 atom stereocenters. The average molecular weight is 322 g/mol. The number of phenolic OH excluding ortho intramolecular Hbond substituents is 1. The molecule has 0 aliphatic carbocycles. The molecule has 1 heterocycles. The zero-order chi connectivity index (χ0) is 17.1. The largest absolute Gasteiger partial charge is 0.504 e. The molecule has 0 saturated heterocycles. The van der Waals surface area contributed by atoms with E-state index in [2.05, 4.69) is 16.5 Å². The smallest absolute Gasteiger partial charge is 0.259 e. The molecule has 24 heavy (non-hydrogen) atoms. The molecule has 0 spiro atoms. The number of rotatable bonds is 5.